The van der Waals surface area contributed by atoms with E-state index in [4.69, 9.17) is 0 Å². The summed E-state index contributed by atoms with van der Waals surface area (Å²) < 4.78 is 13.8. The standard InChI is InChI=1S/C16H24FNO/c1-4-6-9-13(5-2)11-18-16(19)14-10-7-8-12(3)15(14)17/h7-8,10,13H,4-6,9,11H2,1-3H3,(H,18,19). The van der Waals surface area contributed by atoms with E-state index in [1.54, 1.807) is 19.1 Å². The third kappa shape index (κ3) is 4.66. The normalized spacial score (nSPS) is 12.2. The highest BCUT2D eigenvalue weighted by Gasteiger charge is 2.14. The van der Waals surface area contributed by atoms with Crippen LogP contribution in [0.3, 0.4) is 0 Å². The zero-order chi connectivity index (χ0) is 14.3. The molecule has 0 fully saturated rings. The Labute approximate surface area is 115 Å². The number of carbonyl (C=O) groups is 1. The first-order chi connectivity index (χ1) is 9.10. The summed E-state index contributed by atoms with van der Waals surface area (Å²) in [7, 11) is 0. The maximum absolute atomic E-state index is 13.8. The zero-order valence-corrected chi connectivity index (χ0v) is 12.1. The van der Waals surface area contributed by atoms with Gasteiger partial charge in [-0.3, -0.25) is 4.79 Å². The Morgan fingerprint density at radius 2 is 2.11 bits per heavy atom. The van der Waals surface area contributed by atoms with Gasteiger partial charge in [0.2, 0.25) is 0 Å². The molecule has 0 bridgehead atoms. The van der Waals surface area contributed by atoms with Crippen molar-refractivity contribution in [1.82, 2.24) is 5.32 Å². The predicted molar refractivity (Wildman–Crippen MR) is 76.8 cm³/mol. The van der Waals surface area contributed by atoms with Crippen LogP contribution in [-0.4, -0.2) is 12.5 Å². The fourth-order valence-electron chi connectivity index (χ4n) is 2.10. The number of hydrogen-bond acceptors (Lipinski definition) is 1. The Morgan fingerprint density at radius 1 is 1.37 bits per heavy atom. The monoisotopic (exact) mass is 265 g/mol. The first kappa shape index (κ1) is 15.7. The van der Waals surface area contributed by atoms with Crippen LogP contribution in [0.15, 0.2) is 18.2 Å². The molecule has 106 valence electrons. The van der Waals surface area contributed by atoms with Crippen molar-refractivity contribution in [3.63, 3.8) is 0 Å². The second kappa shape index (κ2) is 7.93. The first-order valence-corrected chi connectivity index (χ1v) is 7.13. The SMILES string of the molecule is CCCCC(CC)CNC(=O)c1cccc(C)c1F. The van der Waals surface area contributed by atoms with Crippen molar-refractivity contribution in [2.75, 3.05) is 6.54 Å². The molecule has 0 radical (unpaired) electrons. The number of rotatable bonds is 7. The van der Waals surface area contributed by atoms with Crippen LogP contribution in [0.25, 0.3) is 0 Å². The van der Waals surface area contributed by atoms with Crippen molar-refractivity contribution in [1.29, 1.82) is 0 Å². The van der Waals surface area contributed by atoms with Gasteiger partial charge in [-0.15, -0.1) is 0 Å². The second-order valence-corrected chi connectivity index (χ2v) is 5.06. The Morgan fingerprint density at radius 3 is 2.74 bits per heavy atom. The van der Waals surface area contributed by atoms with Crippen molar-refractivity contribution < 1.29 is 9.18 Å². The Hall–Kier alpha value is -1.38. The fraction of sp³-hybridized carbons (Fsp3) is 0.562. The van der Waals surface area contributed by atoms with E-state index in [1.807, 2.05) is 0 Å². The molecule has 0 aliphatic rings. The summed E-state index contributed by atoms with van der Waals surface area (Å²) in [6.07, 6.45) is 4.49. The fourth-order valence-corrected chi connectivity index (χ4v) is 2.10. The molecular weight excluding hydrogens is 241 g/mol. The molecule has 2 nitrogen and oxygen atoms in total. The number of halogens is 1. The van der Waals surface area contributed by atoms with E-state index in [2.05, 4.69) is 19.2 Å². The van der Waals surface area contributed by atoms with Crippen LogP contribution < -0.4 is 5.32 Å². The third-order valence-corrected chi connectivity index (χ3v) is 3.53. The summed E-state index contributed by atoms with van der Waals surface area (Å²) in [5.74, 6) is -0.241. The van der Waals surface area contributed by atoms with E-state index in [0.29, 0.717) is 18.0 Å². The lowest BCUT2D eigenvalue weighted by Crippen LogP contribution is -2.30. The van der Waals surface area contributed by atoms with Gasteiger partial charge >= 0.3 is 0 Å². The summed E-state index contributed by atoms with van der Waals surface area (Å²) >= 11 is 0. The molecule has 0 saturated carbocycles. The minimum atomic E-state index is -0.415. The molecule has 1 rings (SSSR count). The number of hydrogen-bond donors (Lipinski definition) is 1. The number of amides is 1. The molecule has 0 heterocycles. The number of aryl methyl sites for hydroxylation is 1. The van der Waals surface area contributed by atoms with Crippen LogP contribution in [0.4, 0.5) is 4.39 Å². The van der Waals surface area contributed by atoms with Gasteiger partial charge < -0.3 is 5.32 Å². The number of benzene rings is 1. The lowest BCUT2D eigenvalue weighted by molar-refractivity contribution is 0.0941. The van der Waals surface area contributed by atoms with Crippen LogP contribution in [0.2, 0.25) is 0 Å². The topological polar surface area (TPSA) is 29.1 Å². The molecule has 0 aromatic heterocycles. The number of unbranched alkanes of at least 4 members (excludes halogenated alkanes) is 1. The highest BCUT2D eigenvalue weighted by Crippen LogP contribution is 2.14. The number of nitrogens with one attached hydrogen (secondary N) is 1. The molecule has 1 N–H and O–H groups in total. The first-order valence-electron chi connectivity index (χ1n) is 7.13. The van der Waals surface area contributed by atoms with E-state index in [9.17, 15) is 9.18 Å². The molecule has 1 aromatic rings. The minimum absolute atomic E-state index is 0.144. The third-order valence-electron chi connectivity index (χ3n) is 3.53. The van der Waals surface area contributed by atoms with Gasteiger partial charge in [0.1, 0.15) is 5.82 Å². The van der Waals surface area contributed by atoms with Gasteiger partial charge in [-0.2, -0.15) is 0 Å². The van der Waals surface area contributed by atoms with E-state index in [1.165, 1.54) is 12.5 Å². The van der Waals surface area contributed by atoms with Crippen molar-refractivity contribution >= 4 is 5.91 Å². The smallest absolute Gasteiger partial charge is 0.254 e. The minimum Gasteiger partial charge on any atom is -0.352 e. The molecule has 19 heavy (non-hydrogen) atoms. The van der Waals surface area contributed by atoms with E-state index >= 15 is 0 Å². The van der Waals surface area contributed by atoms with Gasteiger partial charge in [0, 0.05) is 6.54 Å². The number of carbonyl (C=O) groups excluding carboxylic acids is 1. The lowest BCUT2D eigenvalue weighted by atomic mass is 9.99. The van der Waals surface area contributed by atoms with Crippen LogP contribution in [0, 0.1) is 18.7 Å². The van der Waals surface area contributed by atoms with Crippen LogP contribution in [0.1, 0.15) is 55.5 Å². The van der Waals surface area contributed by atoms with Crippen LogP contribution >= 0.6 is 0 Å². The molecule has 1 aromatic carbocycles. The lowest BCUT2D eigenvalue weighted by Gasteiger charge is -2.15. The summed E-state index contributed by atoms with van der Waals surface area (Å²) in [6, 6.07) is 4.91. The van der Waals surface area contributed by atoms with E-state index in [0.717, 1.165) is 19.3 Å². The highest BCUT2D eigenvalue weighted by atomic mass is 19.1. The van der Waals surface area contributed by atoms with Crippen molar-refractivity contribution in [2.24, 2.45) is 5.92 Å². The average molecular weight is 265 g/mol. The molecule has 0 aliphatic carbocycles. The molecule has 1 unspecified atom stereocenters. The van der Waals surface area contributed by atoms with Gasteiger partial charge in [-0.1, -0.05) is 45.2 Å². The highest BCUT2D eigenvalue weighted by molar-refractivity contribution is 5.94. The Bertz CT molecular complexity index is 417. The van der Waals surface area contributed by atoms with Crippen molar-refractivity contribution in [3.05, 3.63) is 35.1 Å². The Kier molecular flexibility index (Phi) is 6.54. The van der Waals surface area contributed by atoms with E-state index < -0.39 is 5.82 Å². The van der Waals surface area contributed by atoms with Crippen molar-refractivity contribution in [3.8, 4) is 0 Å². The summed E-state index contributed by atoms with van der Waals surface area (Å²) in [6.45, 7) is 6.58. The second-order valence-electron chi connectivity index (χ2n) is 5.06. The van der Waals surface area contributed by atoms with Crippen molar-refractivity contribution in [2.45, 2.75) is 46.5 Å². The maximum Gasteiger partial charge on any atom is 0.254 e. The Balaban J connectivity index is 2.57. The van der Waals surface area contributed by atoms with Gasteiger partial charge in [0.25, 0.3) is 5.91 Å². The van der Waals surface area contributed by atoms with Crippen LogP contribution in [0.5, 0.6) is 0 Å². The summed E-state index contributed by atoms with van der Waals surface area (Å²) in [5, 5.41) is 2.85. The maximum atomic E-state index is 13.8. The summed E-state index contributed by atoms with van der Waals surface area (Å²) in [4.78, 5) is 12.0. The molecular formula is C16H24FNO. The largest absolute Gasteiger partial charge is 0.352 e. The van der Waals surface area contributed by atoms with Gasteiger partial charge in [0.05, 0.1) is 5.56 Å². The molecule has 0 aliphatic heterocycles. The molecule has 3 heteroatoms. The predicted octanol–water partition coefficient (Wildman–Crippen LogP) is 4.08. The summed E-state index contributed by atoms with van der Waals surface area (Å²) in [5.41, 5.74) is 0.649. The molecule has 1 amide bonds. The zero-order valence-electron chi connectivity index (χ0n) is 12.1. The molecule has 1 atom stereocenters. The molecule has 0 spiro atoms. The average Bonchev–Trinajstić information content (AvgIpc) is 2.42. The van der Waals surface area contributed by atoms with Gasteiger partial charge in [0.15, 0.2) is 0 Å². The quantitative estimate of drug-likeness (QED) is 0.790. The van der Waals surface area contributed by atoms with Gasteiger partial charge in [-0.05, 0) is 30.9 Å². The molecule has 0 saturated heterocycles. The van der Waals surface area contributed by atoms with E-state index in [-0.39, 0.29) is 11.5 Å². The van der Waals surface area contributed by atoms with Crippen LogP contribution in [-0.2, 0) is 0 Å². The van der Waals surface area contributed by atoms with Gasteiger partial charge in [-0.25, -0.2) is 4.39 Å².